The molecule has 0 aromatic carbocycles. The maximum Gasteiger partial charge on any atom is 0.305 e. The normalized spacial score (nSPS) is 23.0. The van der Waals surface area contributed by atoms with E-state index in [-0.39, 0.29) is 73.8 Å². The summed E-state index contributed by atoms with van der Waals surface area (Å²) in [4.78, 5) is 73.4. The van der Waals surface area contributed by atoms with Crippen LogP contribution >= 0.6 is 0 Å². The van der Waals surface area contributed by atoms with Crippen LogP contribution in [0.4, 0.5) is 0 Å². The highest BCUT2D eigenvalue weighted by Crippen LogP contribution is 2.47. The molecular weight excluding hydrogens is 508 g/mol. The van der Waals surface area contributed by atoms with Gasteiger partial charge < -0.3 is 14.2 Å². The minimum atomic E-state index is -0.462. The van der Waals surface area contributed by atoms with Crippen molar-refractivity contribution in [3.05, 3.63) is 24.3 Å². The number of fused-ring (bicyclic) bond motifs is 1. The zero-order valence-corrected chi connectivity index (χ0v) is 22.1. The van der Waals surface area contributed by atoms with E-state index in [0.717, 1.165) is 12.8 Å². The van der Waals surface area contributed by atoms with Gasteiger partial charge in [0.25, 0.3) is 23.6 Å². The molecule has 2 fully saturated rings. The molecule has 0 aromatic heterocycles. The van der Waals surface area contributed by atoms with E-state index in [9.17, 15) is 28.8 Å². The summed E-state index contributed by atoms with van der Waals surface area (Å²) < 4.78 is 16.8. The summed E-state index contributed by atoms with van der Waals surface area (Å²) in [6.45, 7) is 1.01. The third-order valence-electron chi connectivity index (χ3n) is 7.69. The lowest BCUT2D eigenvalue weighted by molar-refractivity contribution is -0.156. The van der Waals surface area contributed by atoms with E-state index in [1.807, 2.05) is 0 Å². The molecule has 0 bridgehead atoms. The van der Waals surface area contributed by atoms with Gasteiger partial charge in [0.2, 0.25) is 0 Å². The van der Waals surface area contributed by atoms with Crippen molar-refractivity contribution >= 4 is 35.6 Å². The molecule has 11 nitrogen and oxygen atoms in total. The highest BCUT2D eigenvalue weighted by molar-refractivity contribution is 6.13. The molecule has 2 atom stereocenters. The number of unbranched alkanes of at least 4 members (excludes halogenated alkanes) is 4. The van der Waals surface area contributed by atoms with Crippen LogP contribution in [0.5, 0.6) is 0 Å². The molecule has 0 N–H and O–H groups in total. The number of esters is 2. The summed E-state index contributed by atoms with van der Waals surface area (Å²) >= 11 is 0. The first-order valence-corrected chi connectivity index (χ1v) is 13.8. The first-order valence-electron chi connectivity index (χ1n) is 13.8. The maximum atomic E-state index is 12.4. The Kier molecular flexibility index (Phi) is 9.66. The number of nitrogens with zero attached hydrogens (tertiary/aromatic N) is 2. The molecule has 4 amide bonds. The lowest BCUT2D eigenvalue weighted by Crippen LogP contribution is -2.38. The average Bonchev–Trinajstić information content (AvgIpc) is 3.53. The van der Waals surface area contributed by atoms with E-state index in [4.69, 9.17) is 14.2 Å². The Hall–Kier alpha value is -3.34. The highest BCUT2D eigenvalue weighted by Gasteiger charge is 2.51. The first-order chi connectivity index (χ1) is 18.8. The van der Waals surface area contributed by atoms with Gasteiger partial charge in [0.15, 0.2) is 0 Å². The van der Waals surface area contributed by atoms with Crippen molar-refractivity contribution in [2.45, 2.75) is 82.8 Å². The van der Waals surface area contributed by atoms with Gasteiger partial charge in [0, 0.05) is 55.7 Å². The topological polar surface area (TPSA) is 140 Å². The smallest absolute Gasteiger partial charge is 0.305 e. The molecule has 1 saturated heterocycles. The van der Waals surface area contributed by atoms with Gasteiger partial charge in [-0.05, 0) is 44.9 Å². The number of carbonyl (C=O) groups is 6. The molecule has 3 heterocycles. The number of amides is 4. The Bertz CT molecular complexity index is 946. The monoisotopic (exact) mass is 544 g/mol. The van der Waals surface area contributed by atoms with E-state index in [1.165, 1.54) is 34.1 Å². The number of epoxide rings is 1. The summed E-state index contributed by atoms with van der Waals surface area (Å²) in [6.07, 6.45) is 12.0. The van der Waals surface area contributed by atoms with Crippen molar-refractivity contribution in [3.8, 4) is 0 Å². The summed E-state index contributed by atoms with van der Waals surface area (Å²) in [7, 11) is 0. The Labute approximate surface area is 227 Å². The molecule has 2 unspecified atom stereocenters. The number of ether oxygens (including phenoxy) is 3. The molecule has 0 radical (unpaired) electrons. The second kappa shape index (κ2) is 13.1. The minimum Gasteiger partial charge on any atom is -0.465 e. The molecule has 0 spiro atoms. The number of carbonyl (C=O) groups excluding carboxylic acids is 6. The van der Waals surface area contributed by atoms with E-state index < -0.39 is 5.41 Å². The third kappa shape index (κ3) is 8.08. The summed E-state index contributed by atoms with van der Waals surface area (Å²) in [6, 6.07) is 0. The fourth-order valence-electron chi connectivity index (χ4n) is 5.24. The maximum absolute atomic E-state index is 12.4. The molecule has 4 aliphatic rings. The molecule has 1 saturated carbocycles. The molecule has 1 aliphatic carbocycles. The fourth-order valence-corrected chi connectivity index (χ4v) is 5.24. The summed E-state index contributed by atoms with van der Waals surface area (Å²) in [5.74, 6) is -1.84. The number of imide groups is 2. The highest BCUT2D eigenvalue weighted by atomic mass is 16.6. The first kappa shape index (κ1) is 28.7. The Balaban J connectivity index is 1.10. The SMILES string of the molecule is O=C(CCCCCN1C(=O)C=CC1=O)OCC1(COC(=O)CCCCCN2C(=O)C=CC2=O)CCC2OC2C1. The number of rotatable bonds is 16. The van der Waals surface area contributed by atoms with Gasteiger partial charge in [-0.25, -0.2) is 0 Å². The lowest BCUT2D eigenvalue weighted by Gasteiger charge is -2.34. The van der Waals surface area contributed by atoms with E-state index in [1.54, 1.807) is 0 Å². The Morgan fingerprint density at radius 1 is 0.718 bits per heavy atom. The van der Waals surface area contributed by atoms with Crippen LogP contribution in [0.15, 0.2) is 24.3 Å². The van der Waals surface area contributed by atoms with Crippen LogP contribution in [-0.4, -0.2) is 83.9 Å². The van der Waals surface area contributed by atoms with E-state index >= 15 is 0 Å². The number of hydrogen-bond acceptors (Lipinski definition) is 9. The Morgan fingerprint density at radius 2 is 1.18 bits per heavy atom. The second-order valence-electron chi connectivity index (χ2n) is 10.7. The van der Waals surface area contributed by atoms with E-state index in [2.05, 4.69) is 0 Å². The quantitative estimate of drug-likeness (QED) is 0.123. The van der Waals surface area contributed by atoms with Gasteiger partial charge in [0.05, 0.1) is 12.2 Å². The zero-order valence-electron chi connectivity index (χ0n) is 22.1. The van der Waals surface area contributed by atoms with Gasteiger partial charge in [0.1, 0.15) is 13.2 Å². The van der Waals surface area contributed by atoms with Crippen LogP contribution in [0.2, 0.25) is 0 Å². The van der Waals surface area contributed by atoms with Crippen molar-refractivity contribution in [3.63, 3.8) is 0 Å². The molecule has 3 aliphatic heterocycles. The van der Waals surface area contributed by atoms with Crippen molar-refractivity contribution in [1.82, 2.24) is 9.80 Å². The van der Waals surface area contributed by atoms with Crippen LogP contribution in [0.1, 0.15) is 70.6 Å². The molecule has 212 valence electrons. The molecular formula is C28H36N2O9. The van der Waals surface area contributed by atoms with Crippen LogP contribution in [-0.2, 0) is 43.0 Å². The largest absolute Gasteiger partial charge is 0.465 e. The average molecular weight is 545 g/mol. The van der Waals surface area contributed by atoms with Gasteiger partial charge in [-0.15, -0.1) is 0 Å². The molecule has 39 heavy (non-hydrogen) atoms. The van der Waals surface area contributed by atoms with Gasteiger partial charge in [-0.1, -0.05) is 12.8 Å². The van der Waals surface area contributed by atoms with Crippen LogP contribution < -0.4 is 0 Å². The predicted octanol–water partition coefficient (Wildman–Crippen LogP) is 1.98. The van der Waals surface area contributed by atoms with Crippen molar-refractivity contribution in [2.75, 3.05) is 26.3 Å². The molecule has 11 heteroatoms. The second-order valence-corrected chi connectivity index (χ2v) is 10.7. The summed E-state index contributed by atoms with van der Waals surface area (Å²) in [5, 5.41) is 0. The zero-order chi connectivity index (χ0) is 27.8. The standard InChI is InChI=1S/C28H36N2O9/c31-22-9-10-23(32)29(22)15-5-1-3-7-26(35)37-18-28(14-13-20-21(17-28)39-20)19-38-27(36)8-4-2-6-16-30-24(33)11-12-25(30)34/h9-12,20-21H,1-8,13-19H2. The fraction of sp³-hybridized carbons (Fsp3) is 0.643. The van der Waals surface area contributed by atoms with Crippen LogP contribution in [0.3, 0.4) is 0 Å². The van der Waals surface area contributed by atoms with Crippen molar-refractivity contribution in [2.24, 2.45) is 5.41 Å². The van der Waals surface area contributed by atoms with Crippen LogP contribution in [0, 0.1) is 5.41 Å². The van der Waals surface area contributed by atoms with Gasteiger partial charge in [-0.2, -0.15) is 0 Å². The number of hydrogen-bond donors (Lipinski definition) is 0. The summed E-state index contributed by atoms with van der Waals surface area (Å²) in [5.41, 5.74) is -0.462. The lowest BCUT2D eigenvalue weighted by atomic mass is 9.75. The van der Waals surface area contributed by atoms with Crippen molar-refractivity contribution < 1.29 is 43.0 Å². The van der Waals surface area contributed by atoms with Gasteiger partial charge >= 0.3 is 11.9 Å². The molecule has 0 aromatic rings. The van der Waals surface area contributed by atoms with Gasteiger partial charge in [-0.3, -0.25) is 38.6 Å². The predicted molar refractivity (Wildman–Crippen MR) is 136 cm³/mol. The van der Waals surface area contributed by atoms with Crippen LogP contribution in [0.25, 0.3) is 0 Å². The van der Waals surface area contributed by atoms with E-state index in [0.29, 0.717) is 58.0 Å². The minimum absolute atomic E-state index is 0.118. The third-order valence-corrected chi connectivity index (χ3v) is 7.69. The Morgan fingerprint density at radius 3 is 1.62 bits per heavy atom. The van der Waals surface area contributed by atoms with Crippen molar-refractivity contribution in [1.29, 1.82) is 0 Å². The molecule has 4 rings (SSSR count).